The molecule has 1 aromatic heterocycles. The van der Waals surface area contributed by atoms with E-state index in [0.29, 0.717) is 13.1 Å². The van der Waals surface area contributed by atoms with E-state index < -0.39 is 10.0 Å². The first-order valence-corrected chi connectivity index (χ1v) is 9.28. The maximum absolute atomic E-state index is 12.8. The molecule has 0 saturated carbocycles. The van der Waals surface area contributed by atoms with E-state index >= 15 is 0 Å². The van der Waals surface area contributed by atoms with Crippen LogP contribution in [0.5, 0.6) is 0 Å². The zero-order valence-electron chi connectivity index (χ0n) is 13.4. The van der Waals surface area contributed by atoms with E-state index in [2.05, 4.69) is 10.4 Å². The number of hydrogen-bond acceptors (Lipinski definition) is 4. The second-order valence-electron chi connectivity index (χ2n) is 5.86. The van der Waals surface area contributed by atoms with E-state index in [1.807, 2.05) is 30.3 Å². The molecule has 0 bridgehead atoms. The van der Waals surface area contributed by atoms with E-state index in [1.165, 1.54) is 23.6 Å². The van der Waals surface area contributed by atoms with Crippen LogP contribution in [-0.2, 0) is 14.8 Å². The van der Waals surface area contributed by atoms with Gasteiger partial charge in [0.05, 0.1) is 18.1 Å². The summed E-state index contributed by atoms with van der Waals surface area (Å²) in [7, 11) is -3.62. The Kier molecular flexibility index (Phi) is 4.68. The molecule has 0 radical (unpaired) electrons. The summed E-state index contributed by atoms with van der Waals surface area (Å²) >= 11 is 0. The third-order valence-electron chi connectivity index (χ3n) is 4.01. The number of amides is 1. The van der Waals surface area contributed by atoms with Crippen LogP contribution < -0.4 is 5.32 Å². The highest BCUT2D eigenvalue weighted by Crippen LogP contribution is 2.21. The lowest BCUT2D eigenvalue weighted by Crippen LogP contribution is -2.49. The first kappa shape index (κ1) is 16.7. The van der Waals surface area contributed by atoms with Crippen molar-refractivity contribution in [3.8, 4) is 5.69 Å². The Morgan fingerprint density at radius 1 is 1.29 bits per heavy atom. The maximum Gasteiger partial charge on any atom is 0.246 e. The van der Waals surface area contributed by atoms with E-state index in [-0.39, 0.29) is 16.8 Å². The Labute approximate surface area is 141 Å². The number of sulfonamides is 1. The predicted octanol–water partition coefficient (Wildman–Crippen LogP) is 1.16. The molecule has 1 amide bonds. The Bertz CT molecular complexity index is 817. The number of benzene rings is 1. The molecule has 1 aliphatic rings. The van der Waals surface area contributed by atoms with Gasteiger partial charge in [0.15, 0.2) is 0 Å². The number of para-hydroxylation sites is 1. The van der Waals surface area contributed by atoms with Crippen LogP contribution in [0.15, 0.2) is 47.6 Å². The summed E-state index contributed by atoms with van der Waals surface area (Å²) in [6.45, 7) is 2.19. The van der Waals surface area contributed by atoms with Crippen molar-refractivity contribution in [1.82, 2.24) is 19.4 Å². The van der Waals surface area contributed by atoms with Crippen molar-refractivity contribution in [3.05, 3.63) is 42.7 Å². The predicted molar refractivity (Wildman–Crippen MR) is 89.2 cm³/mol. The Balaban J connectivity index is 1.80. The molecule has 24 heavy (non-hydrogen) atoms. The average Bonchev–Trinajstić information content (AvgIpc) is 3.06. The summed E-state index contributed by atoms with van der Waals surface area (Å²) in [6, 6.07) is 9.20. The molecule has 1 aromatic carbocycles. The summed E-state index contributed by atoms with van der Waals surface area (Å²) < 4.78 is 28.6. The van der Waals surface area contributed by atoms with Gasteiger partial charge < -0.3 is 5.32 Å². The molecule has 0 unspecified atom stereocenters. The van der Waals surface area contributed by atoms with Gasteiger partial charge in [-0.25, -0.2) is 13.1 Å². The summed E-state index contributed by atoms with van der Waals surface area (Å²) in [5, 5.41) is 6.96. The van der Waals surface area contributed by atoms with Gasteiger partial charge in [0.1, 0.15) is 4.90 Å². The van der Waals surface area contributed by atoms with Crippen LogP contribution in [0.4, 0.5) is 0 Å². The Morgan fingerprint density at radius 2 is 2.04 bits per heavy atom. The minimum absolute atomic E-state index is 0.142. The highest BCUT2D eigenvalue weighted by molar-refractivity contribution is 7.89. The van der Waals surface area contributed by atoms with Crippen molar-refractivity contribution in [1.29, 1.82) is 0 Å². The van der Waals surface area contributed by atoms with Gasteiger partial charge in [0.25, 0.3) is 0 Å². The second kappa shape index (κ2) is 6.74. The normalized spacial score (nSPS) is 19.1. The molecule has 8 heteroatoms. The highest BCUT2D eigenvalue weighted by atomic mass is 32.2. The van der Waals surface area contributed by atoms with Crippen LogP contribution >= 0.6 is 0 Å². The van der Waals surface area contributed by atoms with Gasteiger partial charge >= 0.3 is 0 Å². The molecule has 1 fully saturated rings. The van der Waals surface area contributed by atoms with Crippen molar-refractivity contribution >= 4 is 15.9 Å². The summed E-state index contributed by atoms with van der Waals surface area (Å²) in [6.07, 6.45) is 4.39. The van der Waals surface area contributed by atoms with Crippen molar-refractivity contribution in [2.24, 2.45) is 0 Å². The van der Waals surface area contributed by atoms with Crippen molar-refractivity contribution in [2.45, 2.75) is 30.7 Å². The second-order valence-corrected chi connectivity index (χ2v) is 7.80. The zero-order valence-corrected chi connectivity index (χ0v) is 14.2. The van der Waals surface area contributed by atoms with Crippen molar-refractivity contribution in [3.63, 3.8) is 0 Å². The fourth-order valence-corrected chi connectivity index (χ4v) is 4.33. The zero-order chi connectivity index (χ0) is 17.2. The van der Waals surface area contributed by atoms with Gasteiger partial charge in [0.2, 0.25) is 15.9 Å². The molecule has 1 atom stereocenters. The molecule has 0 spiro atoms. The average molecular weight is 348 g/mol. The number of nitrogens with one attached hydrogen (secondary N) is 1. The lowest BCUT2D eigenvalue weighted by molar-refractivity contribution is -0.119. The fourth-order valence-electron chi connectivity index (χ4n) is 2.88. The van der Waals surface area contributed by atoms with Crippen LogP contribution in [0.3, 0.4) is 0 Å². The molecular formula is C16H20N4O3S. The molecule has 128 valence electrons. The van der Waals surface area contributed by atoms with Crippen LogP contribution in [0.2, 0.25) is 0 Å². The lowest BCUT2D eigenvalue weighted by atomic mass is 10.1. The lowest BCUT2D eigenvalue weighted by Gasteiger charge is -2.31. The molecular weight excluding hydrogens is 328 g/mol. The van der Waals surface area contributed by atoms with Gasteiger partial charge in [-0.3, -0.25) is 4.79 Å². The molecule has 3 rings (SSSR count). The monoisotopic (exact) mass is 348 g/mol. The van der Waals surface area contributed by atoms with Crippen molar-refractivity contribution < 1.29 is 13.2 Å². The minimum atomic E-state index is -3.62. The topological polar surface area (TPSA) is 84.3 Å². The number of aromatic nitrogens is 2. The molecule has 7 nitrogen and oxygen atoms in total. The van der Waals surface area contributed by atoms with Gasteiger partial charge in [-0.1, -0.05) is 18.2 Å². The summed E-state index contributed by atoms with van der Waals surface area (Å²) in [5.74, 6) is -0.142. The van der Waals surface area contributed by atoms with E-state index in [1.54, 1.807) is 4.68 Å². The molecule has 2 heterocycles. The quantitative estimate of drug-likeness (QED) is 0.899. The van der Waals surface area contributed by atoms with Gasteiger partial charge in [-0.15, -0.1) is 0 Å². The number of nitrogens with zero attached hydrogens (tertiary/aromatic N) is 3. The summed E-state index contributed by atoms with van der Waals surface area (Å²) in [5.41, 5.74) is 0.800. The van der Waals surface area contributed by atoms with E-state index in [0.717, 1.165) is 18.5 Å². The minimum Gasteiger partial charge on any atom is -0.352 e. The molecule has 0 aliphatic carbocycles. The fraction of sp³-hybridized carbons (Fsp3) is 0.375. The van der Waals surface area contributed by atoms with E-state index in [4.69, 9.17) is 0 Å². The number of carbonyl (C=O) groups excluding carboxylic acids is 1. The molecule has 1 aliphatic heterocycles. The van der Waals surface area contributed by atoms with Crippen LogP contribution in [0.25, 0.3) is 5.69 Å². The van der Waals surface area contributed by atoms with Gasteiger partial charge in [0, 0.05) is 26.1 Å². The number of carbonyl (C=O) groups is 1. The third kappa shape index (κ3) is 3.49. The number of hydrogen-bond donors (Lipinski definition) is 1. The summed E-state index contributed by atoms with van der Waals surface area (Å²) in [4.78, 5) is 11.4. The maximum atomic E-state index is 12.8. The number of rotatable bonds is 4. The van der Waals surface area contributed by atoms with Gasteiger partial charge in [-0.05, 0) is 25.0 Å². The van der Waals surface area contributed by atoms with Crippen LogP contribution in [0, 0.1) is 0 Å². The Hall–Kier alpha value is -2.19. The largest absolute Gasteiger partial charge is 0.352 e. The van der Waals surface area contributed by atoms with Crippen LogP contribution in [-0.4, -0.2) is 47.5 Å². The first-order chi connectivity index (χ1) is 11.5. The third-order valence-corrected chi connectivity index (χ3v) is 5.83. The number of piperidine rings is 1. The molecule has 1 N–H and O–H groups in total. The van der Waals surface area contributed by atoms with Crippen LogP contribution in [0.1, 0.15) is 19.8 Å². The van der Waals surface area contributed by atoms with Crippen molar-refractivity contribution in [2.75, 3.05) is 13.1 Å². The van der Waals surface area contributed by atoms with E-state index in [9.17, 15) is 13.2 Å². The Morgan fingerprint density at radius 3 is 2.75 bits per heavy atom. The SMILES string of the molecule is CC(=O)N[C@@H]1CCCN(S(=O)(=O)c2cnn(-c3ccccc3)c2)C1. The molecule has 1 saturated heterocycles. The highest BCUT2D eigenvalue weighted by Gasteiger charge is 2.31. The first-order valence-electron chi connectivity index (χ1n) is 7.84. The molecule has 2 aromatic rings. The van der Waals surface area contributed by atoms with Gasteiger partial charge in [-0.2, -0.15) is 9.40 Å². The standard InChI is InChI=1S/C16H20N4O3S/c1-13(21)18-14-6-5-9-19(11-14)24(22,23)16-10-17-20(12-16)15-7-3-2-4-8-15/h2-4,7-8,10,12,14H,5-6,9,11H2,1H3,(H,18,21)/t14-/m1/s1. The smallest absolute Gasteiger partial charge is 0.246 e.